The maximum Gasteiger partial charge on any atom is 0.274 e. The van der Waals surface area contributed by atoms with Crippen molar-refractivity contribution >= 4 is 5.91 Å². The number of piperidine rings is 1. The fraction of sp³-hybridized carbons (Fsp3) is 0.750. The molecule has 0 spiro atoms. The van der Waals surface area contributed by atoms with E-state index >= 15 is 0 Å². The quantitative estimate of drug-likeness (QED) is 0.910. The van der Waals surface area contributed by atoms with Crippen LogP contribution in [0, 0.1) is 0 Å². The molecule has 0 saturated carbocycles. The third-order valence-electron chi connectivity index (χ3n) is 3.93. The minimum Gasteiger partial charge on any atom is -0.393 e. The highest BCUT2D eigenvalue weighted by Crippen LogP contribution is 2.24. The summed E-state index contributed by atoms with van der Waals surface area (Å²) in [5.74, 6) is 0.299. The minimum atomic E-state index is -0.271. The van der Waals surface area contributed by atoms with E-state index in [0.29, 0.717) is 37.5 Å². The van der Waals surface area contributed by atoms with Gasteiger partial charge in [-0.15, -0.1) is 0 Å². The Morgan fingerprint density at radius 1 is 1.33 bits per heavy atom. The highest BCUT2D eigenvalue weighted by Gasteiger charge is 2.27. The summed E-state index contributed by atoms with van der Waals surface area (Å²) in [7, 11) is 0. The van der Waals surface area contributed by atoms with Gasteiger partial charge in [0.15, 0.2) is 5.69 Å². The largest absolute Gasteiger partial charge is 0.393 e. The Kier molecular flexibility index (Phi) is 4.42. The van der Waals surface area contributed by atoms with Gasteiger partial charge in [0.2, 0.25) is 0 Å². The first-order valence-corrected chi connectivity index (χ1v) is 7.78. The van der Waals surface area contributed by atoms with E-state index in [9.17, 15) is 9.90 Å². The smallest absolute Gasteiger partial charge is 0.274 e. The Morgan fingerprint density at radius 2 is 1.90 bits per heavy atom. The second kappa shape index (κ2) is 5.79. The summed E-state index contributed by atoms with van der Waals surface area (Å²) < 4.78 is 1.96. The summed E-state index contributed by atoms with van der Waals surface area (Å²) in [4.78, 5) is 14.4. The van der Waals surface area contributed by atoms with Crippen molar-refractivity contribution in [3.8, 4) is 0 Å². The van der Waals surface area contributed by atoms with Crippen molar-refractivity contribution < 1.29 is 9.90 Å². The van der Waals surface area contributed by atoms with Crippen LogP contribution in [0.5, 0.6) is 0 Å². The fourth-order valence-corrected chi connectivity index (χ4v) is 2.68. The van der Waals surface area contributed by atoms with Crippen LogP contribution < -0.4 is 0 Å². The molecule has 0 aliphatic carbocycles. The minimum absolute atomic E-state index is 0.0215. The summed E-state index contributed by atoms with van der Waals surface area (Å²) >= 11 is 0. The Bertz CT molecular complexity index is 506. The molecule has 1 aromatic rings. The summed E-state index contributed by atoms with van der Waals surface area (Å²) in [6, 6.07) is 1.92. The van der Waals surface area contributed by atoms with E-state index in [2.05, 4.69) is 39.7 Å². The highest BCUT2D eigenvalue weighted by molar-refractivity contribution is 5.92. The van der Waals surface area contributed by atoms with Gasteiger partial charge in [-0.3, -0.25) is 9.48 Å². The van der Waals surface area contributed by atoms with Gasteiger partial charge < -0.3 is 10.0 Å². The lowest BCUT2D eigenvalue weighted by Gasteiger charge is -2.29. The molecular weight excluding hydrogens is 266 g/mol. The molecule has 1 N–H and O–H groups in total. The molecule has 0 atom stereocenters. The van der Waals surface area contributed by atoms with Crippen LogP contribution in [0.25, 0.3) is 0 Å². The van der Waals surface area contributed by atoms with Crippen LogP contribution >= 0.6 is 0 Å². The molecule has 1 aromatic heterocycles. The van der Waals surface area contributed by atoms with Crippen molar-refractivity contribution in [2.45, 2.75) is 65.0 Å². The van der Waals surface area contributed by atoms with Gasteiger partial charge in [0.25, 0.3) is 5.91 Å². The predicted molar refractivity (Wildman–Crippen MR) is 82.5 cm³/mol. The van der Waals surface area contributed by atoms with Crippen LogP contribution in [0.3, 0.4) is 0 Å². The molecule has 1 aliphatic heterocycles. The summed E-state index contributed by atoms with van der Waals surface area (Å²) in [6.07, 6.45) is 1.04. The SMILES string of the molecule is CC(C)c1cc(C(=O)N2CCC(O)CC2)nn1C(C)(C)C. The third kappa shape index (κ3) is 3.46. The Labute approximate surface area is 126 Å². The molecule has 0 radical (unpaired) electrons. The zero-order valence-corrected chi connectivity index (χ0v) is 13.8. The van der Waals surface area contributed by atoms with Gasteiger partial charge >= 0.3 is 0 Å². The average Bonchev–Trinajstić information content (AvgIpc) is 2.84. The number of carbonyl (C=O) groups excluding carboxylic acids is 1. The zero-order chi connectivity index (χ0) is 15.8. The molecule has 1 saturated heterocycles. The molecule has 5 heteroatoms. The highest BCUT2D eigenvalue weighted by atomic mass is 16.3. The van der Waals surface area contributed by atoms with E-state index in [1.54, 1.807) is 4.90 Å². The number of rotatable bonds is 2. The van der Waals surface area contributed by atoms with Crippen LogP contribution in [0.4, 0.5) is 0 Å². The summed E-state index contributed by atoms with van der Waals surface area (Å²) in [5.41, 5.74) is 1.46. The van der Waals surface area contributed by atoms with Crippen LogP contribution in [-0.2, 0) is 5.54 Å². The van der Waals surface area contributed by atoms with Crippen LogP contribution in [0.15, 0.2) is 6.07 Å². The van der Waals surface area contributed by atoms with Crippen molar-refractivity contribution in [3.63, 3.8) is 0 Å². The second-order valence-electron chi connectivity index (χ2n) is 7.22. The van der Waals surface area contributed by atoms with E-state index in [-0.39, 0.29) is 17.6 Å². The number of carbonyl (C=O) groups is 1. The Hall–Kier alpha value is -1.36. The number of aliphatic hydroxyl groups excluding tert-OH is 1. The standard InChI is InChI=1S/C16H27N3O2/c1-11(2)14-10-13(17-19(14)16(3,4)5)15(21)18-8-6-12(20)7-9-18/h10-12,20H,6-9H2,1-5H3. The number of nitrogens with zero attached hydrogens (tertiary/aromatic N) is 3. The van der Waals surface area contributed by atoms with Crippen molar-refractivity contribution in [3.05, 3.63) is 17.5 Å². The maximum atomic E-state index is 12.6. The summed E-state index contributed by atoms with van der Waals surface area (Å²) in [6.45, 7) is 11.7. The molecule has 2 rings (SSSR count). The van der Waals surface area contributed by atoms with E-state index in [4.69, 9.17) is 0 Å². The number of amides is 1. The van der Waals surface area contributed by atoms with Gasteiger partial charge in [-0.1, -0.05) is 13.8 Å². The zero-order valence-electron chi connectivity index (χ0n) is 13.8. The van der Waals surface area contributed by atoms with Crippen molar-refractivity contribution in [2.75, 3.05) is 13.1 Å². The number of aromatic nitrogens is 2. The van der Waals surface area contributed by atoms with Gasteiger partial charge in [0, 0.05) is 18.8 Å². The van der Waals surface area contributed by atoms with E-state index in [1.165, 1.54) is 0 Å². The monoisotopic (exact) mass is 293 g/mol. The van der Waals surface area contributed by atoms with E-state index in [1.807, 2.05) is 10.7 Å². The van der Waals surface area contributed by atoms with Crippen LogP contribution in [0.1, 0.15) is 69.6 Å². The molecule has 118 valence electrons. The Morgan fingerprint density at radius 3 is 2.33 bits per heavy atom. The molecule has 0 unspecified atom stereocenters. The maximum absolute atomic E-state index is 12.6. The van der Waals surface area contributed by atoms with Crippen molar-refractivity contribution in [1.82, 2.24) is 14.7 Å². The number of aliphatic hydroxyl groups is 1. The molecular formula is C16H27N3O2. The van der Waals surface area contributed by atoms with Crippen molar-refractivity contribution in [1.29, 1.82) is 0 Å². The van der Waals surface area contributed by atoms with Crippen molar-refractivity contribution in [2.24, 2.45) is 0 Å². The predicted octanol–water partition coefficient (Wildman–Crippen LogP) is 2.36. The lowest BCUT2D eigenvalue weighted by Crippen LogP contribution is -2.40. The normalized spacial score (nSPS) is 17.6. The summed E-state index contributed by atoms with van der Waals surface area (Å²) in [5, 5.41) is 14.1. The van der Waals surface area contributed by atoms with E-state index < -0.39 is 0 Å². The molecule has 21 heavy (non-hydrogen) atoms. The number of hydrogen-bond acceptors (Lipinski definition) is 3. The topological polar surface area (TPSA) is 58.4 Å². The molecule has 1 fully saturated rings. The van der Waals surface area contributed by atoms with Crippen LogP contribution in [0.2, 0.25) is 0 Å². The first kappa shape index (κ1) is 16.0. The molecule has 2 heterocycles. The lowest BCUT2D eigenvalue weighted by atomic mass is 10.1. The van der Waals surface area contributed by atoms with Gasteiger partial charge in [-0.25, -0.2) is 0 Å². The van der Waals surface area contributed by atoms with E-state index in [0.717, 1.165) is 5.69 Å². The van der Waals surface area contributed by atoms with Gasteiger partial charge in [0.05, 0.1) is 11.6 Å². The van der Waals surface area contributed by atoms with Crippen LogP contribution in [-0.4, -0.2) is 44.9 Å². The lowest BCUT2D eigenvalue weighted by molar-refractivity contribution is 0.0540. The molecule has 0 bridgehead atoms. The molecule has 1 aliphatic rings. The number of hydrogen-bond donors (Lipinski definition) is 1. The average molecular weight is 293 g/mol. The number of likely N-dealkylation sites (tertiary alicyclic amines) is 1. The Balaban J connectivity index is 2.26. The first-order chi connectivity index (χ1) is 9.70. The third-order valence-corrected chi connectivity index (χ3v) is 3.93. The van der Waals surface area contributed by atoms with Gasteiger partial charge in [0.1, 0.15) is 0 Å². The molecule has 0 aromatic carbocycles. The van der Waals surface area contributed by atoms with Gasteiger partial charge in [-0.05, 0) is 45.6 Å². The van der Waals surface area contributed by atoms with Gasteiger partial charge in [-0.2, -0.15) is 5.10 Å². The molecule has 1 amide bonds. The second-order valence-corrected chi connectivity index (χ2v) is 7.22. The fourth-order valence-electron chi connectivity index (χ4n) is 2.68. The molecule has 5 nitrogen and oxygen atoms in total. The first-order valence-electron chi connectivity index (χ1n) is 7.78.